The standard InChI is InChI=1S/C24H30ClN7O3S/c1-16(2)36(33,34)23-20(6-5-9-26-23)28-22-18(25)15-27-24(30-22)29-19-8-7-17(14-21(19)35-4)32-12-10-31(3)11-13-32/h5-9,14-16H,10-13H2,1-4H3,(H2,27,28,29,30). The number of methoxy groups -OCH3 is 1. The normalized spacial score (nSPS) is 14.7. The van der Waals surface area contributed by atoms with Gasteiger partial charge < -0.3 is 25.2 Å². The lowest BCUT2D eigenvalue weighted by molar-refractivity contribution is 0.312. The molecule has 1 aliphatic heterocycles. The number of benzene rings is 1. The number of nitrogens with one attached hydrogen (secondary N) is 2. The van der Waals surface area contributed by atoms with E-state index in [2.05, 4.69) is 42.4 Å². The van der Waals surface area contributed by atoms with E-state index in [1.807, 2.05) is 18.2 Å². The summed E-state index contributed by atoms with van der Waals surface area (Å²) < 4.78 is 31.2. The zero-order valence-corrected chi connectivity index (χ0v) is 22.3. The van der Waals surface area contributed by atoms with Crippen LogP contribution in [0.25, 0.3) is 0 Å². The first kappa shape index (κ1) is 25.9. The minimum absolute atomic E-state index is 0.0645. The molecule has 0 aliphatic carbocycles. The Labute approximate surface area is 216 Å². The van der Waals surface area contributed by atoms with Gasteiger partial charge in [0.25, 0.3) is 0 Å². The summed E-state index contributed by atoms with van der Waals surface area (Å²) in [4.78, 5) is 17.5. The number of hydrogen-bond acceptors (Lipinski definition) is 10. The van der Waals surface area contributed by atoms with Crippen molar-refractivity contribution < 1.29 is 13.2 Å². The summed E-state index contributed by atoms with van der Waals surface area (Å²) in [6.07, 6.45) is 2.88. The second kappa shape index (κ2) is 10.9. The van der Waals surface area contributed by atoms with Crippen molar-refractivity contribution in [1.29, 1.82) is 0 Å². The van der Waals surface area contributed by atoms with Crippen molar-refractivity contribution in [2.75, 3.05) is 55.9 Å². The van der Waals surface area contributed by atoms with Gasteiger partial charge in [0.1, 0.15) is 10.8 Å². The fourth-order valence-electron chi connectivity index (χ4n) is 3.74. The number of halogens is 1. The van der Waals surface area contributed by atoms with E-state index in [1.54, 1.807) is 33.1 Å². The third-order valence-corrected chi connectivity index (χ3v) is 8.34. The number of aromatic nitrogens is 3. The Bertz CT molecular complexity index is 1330. The van der Waals surface area contributed by atoms with Crippen molar-refractivity contribution in [2.24, 2.45) is 0 Å². The van der Waals surface area contributed by atoms with Gasteiger partial charge in [-0.1, -0.05) is 11.6 Å². The summed E-state index contributed by atoms with van der Waals surface area (Å²) in [5.41, 5.74) is 2.06. The number of likely N-dealkylation sites (N-methyl/N-ethyl adjacent to an activating group) is 1. The largest absolute Gasteiger partial charge is 0.494 e. The molecule has 0 unspecified atom stereocenters. The molecule has 2 aromatic heterocycles. The van der Waals surface area contributed by atoms with Gasteiger partial charge in [-0.05, 0) is 45.2 Å². The Morgan fingerprint density at radius 3 is 2.50 bits per heavy atom. The molecule has 0 amide bonds. The van der Waals surface area contributed by atoms with Crippen molar-refractivity contribution in [3.05, 3.63) is 47.7 Å². The van der Waals surface area contributed by atoms with E-state index >= 15 is 0 Å². The minimum Gasteiger partial charge on any atom is -0.494 e. The third-order valence-electron chi connectivity index (χ3n) is 5.96. The summed E-state index contributed by atoms with van der Waals surface area (Å²) in [6.45, 7) is 7.13. The number of rotatable bonds is 8. The second-order valence-electron chi connectivity index (χ2n) is 8.76. The topological polar surface area (TPSA) is 113 Å². The van der Waals surface area contributed by atoms with Crippen LogP contribution in [0.4, 0.5) is 28.8 Å². The van der Waals surface area contributed by atoms with Gasteiger partial charge in [0.15, 0.2) is 20.7 Å². The highest BCUT2D eigenvalue weighted by atomic mass is 35.5. The SMILES string of the molecule is COc1cc(N2CCN(C)CC2)ccc1Nc1ncc(Cl)c(Nc2cccnc2S(=O)(=O)C(C)C)n1. The molecule has 0 bridgehead atoms. The van der Waals surface area contributed by atoms with Crippen molar-refractivity contribution in [1.82, 2.24) is 19.9 Å². The van der Waals surface area contributed by atoms with Crippen LogP contribution in [-0.2, 0) is 9.84 Å². The number of sulfone groups is 1. The van der Waals surface area contributed by atoms with E-state index in [0.29, 0.717) is 11.4 Å². The van der Waals surface area contributed by atoms with Crippen LogP contribution in [0.1, 0.15) is 13.8 Å². The molecule has 192 valence electrons. The number of pyridine rings is 1. The zero-order chi connectivity index (χ0) is 25.9. The van der Waals surface area contributed by atoms with Crippen LogP contribution < -0.4 is 20.3 Å². The lowest BCUT2D eigenvalue weighted by atomic mass is 10.2. The Morgan fingerprint density at radius 1 is 1.06 bits per heavy atom. The van der Waals surface area contributed by atoms with Crippen molar-refractivity contribution >= 4 is 50.3 Å². The van der Waals surface area contributed by atoms with E-state index < -0.39 is 15.1 Å². The first-order valence-corrected chi connectivity index (χ1v) is 13.5. The number of ether oxygens (including phenoxy) is 1. The number of anilines is 5. The zero-order valence-electron chi connectivity index (χ0n) is 20.7. The quantitative estimate of drug-likeness (QED) is 0.443. The third kappa shape index (κ3) is 5.63. The monoisotopic (exact) mass is 531 g/mol. The van der Waals surface area contributed by atoms with Crippen LogP contribution in [-0.4, -0.2) is 73.9 Å². The van der Waals surface area contributed by atoms with Crippen LogP contribution in [0.2, 0.25) is 5.02 Å². The number of hydrogen-bond donors (Lipinski definition) is 2. The predicted molar refractivity (Wildman–Crippen MR) is 143 cm³/mol. The van der Waals surface area contributed by atoms with Gasteiger partial charge in [-0.15, -0.1) is 0 Å². The first-order valence-electron chi connectivity index (χ1n) is 11.6. The number of piperazine rings is 1. The molecular formula is C24H30ClN7O3S. The fourth-order valence-corrected chi connectivity index (χ4v) is 4.96. The maximum Gasteiger partial charge on any atom is 0.229 e. The molecule has 10 nitrogen and oxygen atoms in total. The maximum absolute atomic E-state index is 12.8. The molecule has 0 radical (unpaired) electrons. The van der Waals surface area contributed by atoms with E-state index in [-0.39, 0.29) is 27.5 Å². The first-order chi connectivity index (χ1) is 17.2. The molecule has 0 spiro atoms. The summed E-state index contributed by atoms with van der Waals surface area (Å²) in [5.74, 6) is 1.16. The molecule has 3 aromatic rings. The molecule has 0 atom stereocenters. The van der Waals surface area contributed by atoms with E-state index in [4.69, 9.17) is 16.3 Å². The van der Waals surface area contributed by atoms with Crippen LogP contribution in [0, 0.1) is 0 Å². The van der Waals surface area contributed by atoms with Gasteiger partial charge >= 0.3 is 0 Å². The highest BCUT2D eigenvalue weighted by Crippen LogP contribution is 2.33. The molecule has 1 fully saturated rings. The van der Waals surface area contributed by atoms with Crippen molar-refractivity contribution in [2.45, 2.75) is 24.1 Å². The Hall–Kier alpha value is -3.15. The highest BCUT2D eigenvalue weighted by Gasteiger charge is 2.25. The lowest BCUT2D eigenvalue weighted by Gasteiger charge is -2.34. The van der Waals surface area contributed by atoms with Gasteiger partial charge in [-0.3, -0.25) is 0 Å². The minimum atomic E-state index is -3.62. The van der Waals surface area contributed by atoms with Crippen LogP contribution >= 0.6 is 11.6 Å². The summed E-state index contributed by atoms with van der Waals surface area (Å²) in [6, 6.07) is 9.20. The smallest absolute Gasteiger partial charge is 0.229 e. The van der Waals surface area contributed by atoms with E-state index in [1.165, 1.54) is 12.4 Å². The Kier molecular flexibility index (Phi) is 7.82. The van der Waals surface area contributed by atoms with Crippen molar-refractivity contribution in [3.63, 3.8) is 0 Å². The average molecular weight is 532 g/mol. The summed E-state index contributed by atoms with van der Waals surface area (Å²) in [5, 5.41) is 5.71. The van der Waals surface area contributed by atoms with E-state index in [9.17, 15) is 8.42 Å². The Balaban J connectivity index is 1.58. The Morgan fingerprint density at radius 2 is 1.81 bits per heavy atom. The van der Waals surface area contributed by atoms with Gasteiger partial charge in [-0.25, -0.2) is 18.4 Å². The molecule has 2 N–H and O–H groups in total. The summed E-state index contributed by atoms with van der Waals surface area (Å²) >= 11 is 6.34. The predicted octanol–water partition coefficient (Wildman–Crippen LogP) is 3.95. The van der Waals surface area contributed by atoms with E-state index in [0.717, 1.165) is 31.9 Å². The molecule has 3 heterocycles. The van der Waals surface area contributed by atoms with Crippen LogP contribution in [0.3, 0.4) is 0 Å². The lowest BCUT2D eigenvalue weighted by Crippen LogP contribution is -2.44. The molecule has 4 rings (SSSR count). The van der Waals surface area contributed by atoms with Crippen LogP contribution in [0.5, 0.6) is 5.75 Å². The highest BCUT2D eigenvalue weighted by molar-refractivity contribution is 7.92. The molecule has 1 aromatic carbocycles. The molecule has 36 heavy (non-hydrogen) atoms. The van der Waals surface area contributed by atoms with Gasteiger partial charge in [0.2, 0.25) is 5.95 Å². The average Bonchev–Trinajstić information content (AvgIpc) is 2.87. The molecule has 1 saturated heterocycles. The van der Waals surface area contributed by atoms with Gasteiger partial charge in [-0.2, -0.15) is 4.98 Å². The molecule has 12 heteroatoms. The second-order valence-corrected chi connectivity index (χ2v) is 11.6. The fraction of sp³-hybridized carbons (Fsp3) is 0.375. The maximum atomic E-state index is 12.8. The molecular weight excluding hydrogens is 502 g/mol. The van der Waals surface area contributed by atoms with Gasteiger partial charge in [0, 0.05) is 44.1 Å². The van der Waals surface area contributed by atoms with Crippen LogP contribution in [0.15, 0.2) is 47.8 Å². The molecule has 0 saturated carbocycles. The van der Waals surface area contributed by atoms with Gasteiger partial charge in [0.05, 0.1) is 29.9 Å². The summed E-state index contributed by atoms with van der Waals surface area (Å²) in [7, 11) is 0.114. The van der Waals surface area contributed by atoms with Crippen molar-refractivity contribution in [3.8, 4) is 5.75 Å². The molecule has 1 aliphatic rings. The number of nitrogens with zero attached hydrogens (tertiary/aromatic N) is 5.